The van der Waals surface area contributed by atoms with Crippen molar-refractivity contribution in [2.45, 2.75) is 12.8 Å². The summed E-state index contributed by atoms with van der Waals surface area (Å²) in [5, 5.41) is 14.8. The second-order valence-corrected chi connectivity index (χ2v) is 5.40. The molecule has 0 amide bonds. The van der Waals surface area contributed by atoms with E-state index in [1.165, 1.54) is 0 Å². The van der Waals surface area contributed by atoms with Gasteiger partial charge in [-0.25, -0.2) is 0 Å². The zero-order chi connectivity index (χ0) is 15.8. The molecule has 2 aromatic rings. The molecular formula is C16H17NO4S. The number of oxime groups is 1. The molecule has 0 aliphatic rings. The molecule has 0 unspecified atom stereocenters. The van der Waals surface area contributed by atoms with Gasteiger partial charge in [-0.2, -0.15) is 0 Å². The van der Waals surface area contributed by atoms with Crippen LogP contribution in [0.1, 0.15) is 23.3 Å². The fourth-order valence-electron chi connectivity index (χ4n) is 1.88. The maximum absolute atomic E-state index is 10.5. The fraction of sp³-hybridized carbons (Fsp3) is 0.250. The van der Waals surface area contributed by atoms with E-state index in [1.807, 2.05) is 41.8 Å². The van der Waals surface area contributed by atoms with Crippen LogP contribution < -0.4 is 4.74 Å². The number of hydrogen-bond donors (Lipinski definition) is 1. The molecule has 2 rings (SSSR count). The first-order chi connectivity index (χ1) is 10.7. The topological polar surface area (TPSA) is 68.1 Å². The number of carboxylic acid groups (broad SMARTS) is 1. The minimum Gasteiger partial charge on any atom is -0.496 e. The van der Waals surface area contributed by atoms with Gasteiger partial charge in [-0.3, -0.25) is 4.79 Å². The van der Waals surface area contributed by atoms with Crippen molar-refractivity contribution in [2.75, 3.05) is 13.7 Å². The maximum Gasteiger partial charge on any atom is 0.303 e. The van der Waals surface area contributed by atoms with Crippen LogP contribution in [0.4, 0.5) is 0 Å². The zero-order valence-electron chi connectivity index (χ0n) is 12.2. The number of para-hydroxylation sites is 1. The standard InChI is InChI=1S/C16H17NO4S/c1-20-13-7-3-2-6-12(13)16(14-8-5-11-22-14)17-21-10-4-9-15(18)19/h2-3,5-8,11H,4,9-10H2,1H3,(H,18,19)/b17-16-. The summed E-state index contributed by atoms with van der Waals surface area (Å²) in [6.07, 6.45) is 0.487. The highest BCUT2D eigenvalue weighted by Crippen LogP contribution is 2.24. The molecule has 0 fully saturated rings. The lowest BCUT2D eigenvalue weighted by Crippen LogP contribution is -2.06. The van der Waals surface area contributed by atoms with E-state index in [0.29, 0.717) is 17.9 Å². The van der Waals surface area contributed by atoms with Crippen molar-refractivity contribution in [1.29, 1.82) is 0 Å². The first-order valence-electron chi connectivity index (χ1n) is 6.81. The number of aliphatic carboxylic acids is 1. The lowest BCUT2D eigenvalue weighted by molar-refractivity contribution is -0.137. The summed E-state index contributed by atoms with van der Waals surface area (Å²) in [5.41, 5.74) is 1.52. The van der Waals surface area contributed by atoms with E-state index in [2.05, 4.69) is 5.16 Å². The number of carboxylic acids is 1. The van der Waals surface area contributed by atoms with Gasteiger partial charge in [0.05, 0.1) is 12.0 Å². The fourth-order valence-corrected chi connectivity index (χ4v) is 2.60. The Morgan fingerprint density at radius 1 is 1.27 bits per heavy atom. The normalized spacial score (nSPS) is 11.2. The Morgan fingerprint density at radius 2 is 2.09 bits per heavy atom. The van der Waals surface area contributed by atoms with Gasteiger partial charge in [-0.15, -0.1) is 11.3 Å². The van der Waals surface area contributed by atoms with Gasteiger partial charge in [0.1, 0.15) is 18.1 Å². The molecule has 1 heterocycles. The van der Waals surface area contributed by atoms with Gasteiger partial charge in [-0.05, 0) is 30.0 Å². The molecule has 0 aliphatic carbocycles. The highest BCUT2D eigenvalue weighted by atomic mass is 32.1. The molecule has 0 aliphatic heterocycles. The molecule has 6 heteroatoms. The van der Waals surface area contributed by atoms with Crippen molar-refractivity contribution in [2.24, 2.45) is 5.16 Å². The number of methoxy groups -OCH3 is 1. The largest absolute Gasteiger partial charge is 0.496 e. The Balaban J connectivity index is 2.19. The summed E-state index contributed by atoms with van der Waals surface area (Å²) in [5.74, 6) is -0.125. The van der Waals surface area contributed by atoms with E-state index in [1.54, 1.807) is 18.4 Å². The summed E-state index contributed by atoms with van der Waals surface area (Å²) in [6.45, 7) is 0.260. The van der Waals surface area contributed by atoms with E-state index in [0.717, 1.165) is 10.4 Å². The molecular weight excluding hydrogens is 302 g/mol. The molecule has 1 aromatic carbocycles. The van der Waals surface area contributed by atoms with Crippen molar-refractivity contribution in [3.8, 4) is 5.75 Å². The lowest BCUT2D eigenvalue weighted by atomic mass is 10.1. The molecule has 22 heavy (non-hydrogen) atoms. The number of nitrogens with zero attached hydrogens (tertiary/aromatic N) is 1. The number of benzene rings is 1. The Morgan fingerprint density at radius 3 is 2.77 bits per heavy atom. The van der Waals surface area contributed by atoms with E-state index in [9.17, 15) is 4.79 Å². The lowest BCUT2D eigenvalue weighted by Gasteiger charge is -2.09. The molecule has 5 nitrogen and oxygen atoms in total. The van der Waals surface area contributed by atoms with E-state index in [4.69, 9.17) is 14.7 Å². The molecule has 1 aromatic heterocycles. The van der Waals surface area contributed by atoms with Crippen LogP contribution in [-0.4, -0.2) is 30.5 Å². The highest BCUT2D eigenvalue weighted by Gasteiger charge is 2.14. The second-order valence-electron chi connectivity index (χ2n) is 4.45. The Kier molecular flexibility index (Phi) is 5.97. The Bertz CT molecular complexity index is 637. The average Bonchev–Trinajstić information content (AvgIpc) is 3.04. The maximum atomic E-state index is 10.5. The molecule has 0 saturated heterocycles. The van der Waals surface area contributed by atoms with E-state index < -0.39 is 5.97 Å². The predicted octanol–water partition coefficient (Wildman–Crippen LogP) is 3.39. The van der Waals surface area contributed by atoms with Gasteiger partial charge >= 0.3 is 5.97 Å². The van der Waals surface area contributed by atoms with E-state index in [-0.39, 0.29) is 13.0 Å². The average molecular weight is 319 g/mol. The zero-order valence-corrected chi connectivity index (χ0v) is 13.0. The molecule has 0 atom stereocenters. The third-order valence-electron chi connectivity index (χ3n) is 2.90. The van der Waals surface area contributed by atoms with Crippen LogP contribution in [0.25, 0.3) is 0 Å². The summed E-state index contributed by atoms with van der Waals surface area (Å²) >= 11 is 1.55. The van der Waals surface area contributed by atoms with Crippen molar-refractivity contribution in [3.05, 3.63) is 52.2 Å². The summed E-state index contributed by atoms with van der Waals surface area (Å²) in [4.78, 5) is 16.7. The van der Waals surface area contributed by atoms with Crippen LogP contribution >= 0.6 is 11.3 Å². The molecule has 1 N–H and O–H groups in total. The Hall–Kier alpha value is -2.34. The SMILES string of the molecule is COc1ccccc1/C(=N/OCCCC(=O)O)c1cccs1. The monoisotopic (exact) mass is 319 g/mol. The Labute approximate surface area is 132 Å². The molecule has 0 spiro atoms. The quantitative estimate of drug-likeness (QED) is 0.460. The molecule has 0 bridgehead atoms. The van der Waals surface area contributed by atoms with Crippen LogP contribution in [0.15, 0.2) is 46.9 Å². The third-order valence-corrected chi connectivity index (χ3v) is 3.78. The number of carbonyl (C=O) groups is 1. The first-order valence-corrected chi connectivity index (χ1v) is 7.69. The second kappa shape index (κ2) is 8.19. The van der Waals surface area contributed by atoms with Crippen LogP contribution in [0, 0.1) is 0 Å². The smallest absolute Gasteiger partial charge is 0.303 e. The van der Waals surface area contributed by atoms with Gasteiger partial charge in [0.15, 0.2) is 0 Å². The molecule has 0 saturated carbocycles. The van der Waals surface area contributed by atoms with Crippen molar-refractivity contribution < 1.29 is 19.5 Å². The van der Waals surface area contributed by atoms with Crippen molar-refractivity contribution >= 4 is 23.0 Å². The van der Waals surface area contributed by atoms with Gasteiger partial charge in [0.25, 0.3) is 0 Å². The number of hydrogen-bond acceptors (Lipinski definition) is 5. The summed E-state index contributed by atoms with van der Waals surface area (Å²) < 4.78 is 5.37. The number of thiophene rings is 1. The van der Waals surface area contributed by atoms with Crippen LogP contribution in [0.5, 0.6) is 5.75 Å². The van der Waals surface area contributed by atoms with Gasteiger partial charge < -0.3 is 14.7 Å². The minimum absolute atomic E-state index is 0.0680. The van der Waals surface area contributed by atoms with Gasteiger partial charge in [-0.1, -0.05) is 23.4 Å². The highest BCUT2D eigenvalue weighted by molar-refractivity contribution is 7.12. The summed E-state index contributed by atoms with van der Waals surface area (Å²) in [6, 6.07) is 11.5. The molecule has 0 radical (unpaired) electrons. The van der Waals surface area contributed by atoms with Gasteiger partial charge in [0.2, 0.25) is 0 Å². The van der Waals surface area contributed by atoms with Crippen molar-refractivity contribution in [1.82, 2.24) is 0 Å². The number of ether oxygens (including phenoxy) is 1. The summed E-state index contributed by atoms with van der Waals surface area (Å²) in [7, 11) is 1.61. The number of rotatable bonds is 8. The van der Waals surface area contributed by atoms with Crippen LogP contribution in [0.3, 0.4) is 0 Å². The van der Waals surface area contributed by atoms with Crippen molar-refractivity contribution in [3.63, 3.8) is 0 Å². The van der Waals surface area contributed by atoms with Crippen LogP contribution in [0.2, 0.25) is 0 Å². The first kappa shape index (κ1) is 16.0. The third kappa shape index (κ3) is 4.33. The molecule has 116 valence electrons. The van der Waals surface area contributed by atoms with E-state index >= 15 is 0 Å². The van der Waals surface area contributed by atoms with Gasteiger partial charge in [0, 0.05) is 12.0 Å². The minimum atomic E-state index is -0.837. The van der Waals surface area contributed by atoms with Crippen LogP contribution in [-0.2, 0) is 9.63 Å². The predicted molar refractivity (Wildman–Crippen MR) is 85.8 cm³/mol.